The predicted octanol–water partition coefficient (Wildman–Crippen LogP) is 5.66. The third-order valence-electron chi connectivity index (χ3n) is 10.7. The van der Waals surface area contributed by atoms with Gasteiger partial charge >= 0.3 is 6.09 Å². The van der Waals surface area contributed by atoms with Crippen molar-refractivity contribution in [1.82, 2.24) is 30.3 Å². The zero-order valence-corrected chi connectivity index (χ0v) is 24.2. The number of hydrogen-bond acceptors (Lipinski definition) is 8. The lowest BCUT2D eigenvalue weighted by molar-refractivity contribution is 0.120. The molecule has 10 heteroatoms. The number of rotatable bonds is 7. The highest BCUT2D eigenvalue weighted by molar-refractivity contribution is 5.86. The van der Waals surface area contributed by atoms with Crippen molar-refractivity contribution < 1.29 is 9.63 Å². The van der Waals surface area contributed by atoms with Crippen LogP contribution < -0.4 is 21.0 Å². The first-order chi connectivity index (χ1) is 19.5. The van der Waals surface area contributed by atoms with Crippen molar-refractivity contribution in [3.8, 4) is 0 Å². The molecule has 3 N–H and O–H groups in total. The van der Waals surface area contributed by atoms with Gasteiger partial charge in [-0.3, -0.25) is 5.32 Å². The standard InChI is InChI=1S/C30H46N8O2/c1-18-12-14-20(15-13-18)17-38-24-25(31-19(2)21-8-5-9-21)32-27(28-35-30(39)40-36-28)33-26(24)34-29(38)37-16-6-10-22-7-3-4-11-23(22)37/h18-23,28,36H,3-17H2,1-2H3,(H,35,39)(H,31,32,33)/t18?,19-,20?,22+,23-,28?/m1/s1. The Morgan fingerprint density at radius 2 is 1.77 bits per heavy atom. The average molecular weight is 551 g/mol. The summed E-state index contributed by atoms with van der Waals surface area (Å²) in [5, 5.41) is 6.59. The van der Waals surface area contributed by atoms with Crippen molar-refractivity contribution in [2.24, 2.45) is 23.7 Å². The molecule has 218 valence electrons. The molecule has 40 heavy (non-hydrogen) atoms. The number of carbonyl (C=O) groups excluding carboxylic acids is 1. The van der Waals surface area contributed by atoms with E-state index in [1.54, 1.807) is 0 Å². The van der Waals surface area contributed by atoms with E-state index in [1.165, 1.54) is 83.5 Å². The van der Waals surface area contributed by atoms with E-state index in [0.29, 0.717) is 35.4 Å². The molecule has 10 nitrogen and oxygen atoms in total. The van der Waals surface area contributed by atoms with Crippen molar-refractivity contribution >= 4 is 29.0 Å². The zero-order valence-electron chi connectivity index (χ0n) is 24.2. The number of amides is 1. The van der Waals surface area contributed by atoms with Gasteiger partial charge in [0.2, 0.25) is 5.95 Å². The largest absolute Gasteiger partial charge is 0.427 e. The first kappa shape index (κ1) is 26.3. The number of nitrogens with zero attached hydrogens (tertiary/aromatic N) is 5. The lowest BCUT2D eigenvalue weighted by atomic mass is 9.78. The van der Waals surface area contributed by atoms with Gasteiger partial charge in [0.05, 0.1) is 0 Å². The summed E-state index contributed by atoms with van der Waals surface area (Å²) in [5.74, 6) is 5.28. The molecule has 0 radical (unpaired) electrons. The van der Waals surface area contributed by atoms with Gasteiger partial charge in [0, 0.05) is 25.2 Å². The fraction of sp³-hybridized carbons (Fsp3) is 0.800. The third-order valence-corrected chi connectivity index (χ3v) is 10.7. The first-order valence-electron chi connectivity index (χ1n) is 16.1. The van der Waals surface area contributed by atoms with Gasteiger partial charge in [-0.15, -0.1) is 5.48 Å². The molecule has 2 saturated heterocycles. The molecule has 0 bridgehead atoms. The summed E-state index contributed by atoms with van der Waals surface area (Å²) >= 11 is 0. The van der Waals surface area contributed by atoms with Crippen LogP contribution in [0.5, 0.6) is 0 Å². The van der Waals surface area contributed by atoms with E-state index < -0.39 is 12.3 Å². The summed E-state index contributed by atoms with van der Waals surface area (Å²) in [6.45, 7) is 6.69. The van der Waals surface area contributed by atoms with E-state index in [1.807, 2.05) is 0 Å². The van der Waals surface area contributed by atoms with Gasteiger partial charge in [-0.1, -0.05) is 39.0 Å². The van der Waals surface area contributed by atoms with Crippen LogP contribution in [-0.4, -0.2) is 44.2 Å². The molecule has 0 aromatic carbocycles. The van der Waals surface area contributed by atoms with Crippen LogP contribution in [0, 0.1) is 23.7 Å². The summed E-state index contributed by atoms with van der Waals surface area (Å²) in [7, 11) is 0. The Kier molecular flexibility index (Phi) is 7.22. The van der Waals surface area contributed by atoms with Crippen molar-refractivity contribution in [3.63, 3.8) is 0 Å². The molecule has 0 spiro atoms. The quantitative estimate of drug-likeness (QED) is 0.406. The second kappa shape index (κ2) is 11.0. The van der Waals surface area contributed by atoms with Gasteiger partial charge in [0.15, 0.2) is 23.5 Å². The number of fused-ring (bicyclic) bond motifs is 2. The van der Waals surface area contributed by atoms with Gasteiger partial charge in [0.25, 0.3) is 0 Å². The normalized spacial score (nSPS) is 31.8. The van der Waals surface area contributed by atoms with E-state index in [2.05, 4.69) is 39.4 Å². The Morgan fingerprint density at radius 1 is 0.975 bits per heavy atom. The molecule has 1 amide bonds. The highest BCUT2D eigenvalue weighted by Crippen LogP contribution is 2.41. The van der Waals surface area contributed by atoms with Crippen LogP contribution in [-0.2, 0) is 11.4 Å². The van der Waals surface area contributed by atoms with Gasteiger partial charge in [0.1, 0.15) is 5.52 Å². The van der Waals surface area contributed by atoms with Crippen molar-refractivity contribution in [2.75, 3.05) is 16.8 Å². The minimum Gasteiger partial charge on any atom is -0.365 e. The summed E-state index contributed by atoms with van der Waals surface area (Å²) in [4.78, 5) is 34.8. The zero-order chi connectivity index (χ0) is 27.2. The molecule has 1 unspecified atom stereocenters. The maximum atomic E-state index is 11.8. The maximum Gasteiger partial charge on any atom is 0.427 e. The summed E-state index contributed by atoms with van der Waals surface area (Å²) < 4.78 is 2.49. The van der Waals surface area contributed by atoms with Crippen LogP contribution in [0.15, 0.2) is 0 Å². The maximum absolute atomic E-state index is 11.8. The second-order valence-electron chi connectivity index (χ2n) is 13.4. The second-order valence-corrected chi connectivity index (χ2v) is 13.4. The number of aromatic nitrogens is 4. The number of imidazole rings is 1. The number of anilines is 2. The predicted molar refractivity (Wildman–Crippen MR) is 155 cm³/mol. The number of piperidine rings is 1. The molecular weight excluding hydrogens is 504 g/mol. The highest BCUT2D eigenvalue weighted by Gasteiger charge is 2.37. The fourth-order valence-electron chi connectivity index (χ4n) is 7.99. The van der Waals surface area contributed by atoms with E-state index in [-0.39, 0.29) is 0 Å². The molecule has 2 aromatic heterocycles. The van der Waals surface area contributed by atoms with E-state index >= 15 is 0 Å². The highest BCUT2D eigenvalue weighted by atomic mass is 16.7. The molecule has 2 aliphatic heterocycles. The van der Waals surface area contributed by atoms with Gasteiger partial charge in [-0.05, 0) is 82.0 Å². The Bertz CT molecular complexity index is 1220. The number of hydrogen-bond donors (Lipinski definition) is 3. The van der Waals surface area contributed by atoms with Crippen LogP contribution in [0.1, 0.15) is 109 Å². The summed E-state index contributed by atoms with van der Waals surface area (Å²) in [6, 6.07) is 0.869. The van der Waals surface area contributed by atoms with Crippen LogP contribution in [0.2, 0.25) is 0 Å². The van der Waals surface area contributed by atoms with E-state index in [0.717, 1.165) is 42.2 Å². The molecule has 4 heterocycles. The van der Waals surface area contributed by atoms with E-state index in [9.17, 15) is 4.79 Å². The van der Waals surface area contributed by atoms with Crippen molar-refractivity contribution in [3.05, 3.63) is 5.82 Å². The minimum atomic E-state index is -0.595. The van der Waals surface area contributed by atoms with Crippen molar-refractivity contribution in [2.45, 2.75) is 122 Å². The molecule has 4 atom stereocenters. The number of nitrogens with one attached hydrogen (secondary N) is 3. The lowest BCUT2D eigenvalue weighted by Gasteiger charge is -2.45. The monoisotopic (exact) mass is 550 g/mol. The average Bonchev–Trinajstić information content (AvgIpc) is 3.52. The Balaban J connectivity index is 1.33. The number of hydroxylamine groups is 1. The van der Waals surface area contributed by atoms with Crippen LogP contribution >= 0.6 is 0 Å². The Labute approximate surface area is 237 Å². The van der Waals surface area contributed by atoms with Crippen LogP contribution in [0.3, 0.4) is 0 Å². The molecule has 5 aliphatic rings. The molecular formula is C30H46N8O2. The van der Waals surface area contributed by atoms with E-state index in [4.69, 9.17) is 19.8 Å². The number of carbonyl (C=O) groups is 1. The minimum absolute atomic E-state index is 0.308. The molecule has 7 rings (SSSR count). The molecule has 3 saturated carbocycles. The summed E-state index contributed by atoms with van der Waals surface area (Å²) in [5.41, 5.74) is 4.48. The molecule has 2 aromatic rings. The van der Waals surface area contributed by atoms with Crippen molar-refractivity contribution in [1.29, 1.82) is 0 Å². The first-order valence-corrected chi connectivity index (χ1v) is 16.1. The Morgan fingerprint density at radius 3 is 2.52 bits per heavy atom. The topological polar surface area (TPSA) is 109 Å². The van der Waals surface area contributed by atoms with Gasteiger partial charge in [-0.2, -0.15) is 4.98 Å². The fourth-order valence-corrected chi connectivity index (χ4v) is 7.99. The smallest absolute Gasteiger partial charge is 0.365 e. The summed E-state index contributed by atoms with van der Waals surface area (Å²) in [6.07, 6.45) is 15.7. The molecule has 3 aliphatic carbocycles. The lowest BCUT2D eigenvalue weighted by Crippen LogP contribution is -2.48. The van der Waals surface area contributed by atoms with Gasteiger partial charge in [-0.25, -0.2) is 14.8 Å². The Hall–Kier alpha value is -2.62. The van der Waals surface area contributed by atoms with Gasteiger partial charge < -0.3 is 19.6 Å². The van der Waals surface area contributed by atoms with Crippen LogP contribution in [0.4, 0.5) is 16.6 Å². The van der Waals surface area contributed by atoms with Crippen LogP contribution in [0.25, 0.3) is 11.2 Å². The SMILES string of the molecule is CC1CCC(Cn2c(N3CCC[C@@H]4CCCC[C@H]43)nc3nc(C4NOC(=O)N4)nc(N[C@H](C)C4CCC4)c32)CC1. The third kappa shape index (κ3) is 5.01. The molecule has 5 fully saturated rings.